The third-order valence-corrected chi connectivity index (χ3v) is 2.23. The molecule has 1 atom stereocenters. The number of nitrogens with two attached hydrogens (primary N) is 1. The second-order valence-corrected chi connectivity index (χ2v) is 3.15. The van der Waals surface area contributed by atoms with Crippen LogP contribution in [-0.2, 0) is 17.8 Å². The fourth-order valence-electron chi connectivity index (χ4n) is 1.33. The fourth-order valence-corrected chi connectivity index (χ4v) is 1.33. The number of aliphatic carboxylic acids is 1. The van der Waals surface area contributed by atoms with Gasteiger partial charge in [0.1, 0.15) is 0 Å². The highest BCUT2D eigenvalue weighted by Crippen LogP contribution is 2.08. The zero-order valence-electron chi connectivity index (χ0n) is 8.18. The SMILES string of the molecule is CCn1cncc1CC(CN)C(=O)O. The summed E-state index contributed by atoms with van der Waals surface area (Å²) < 4.78 is 1.92. The molecule has 0 aliphatic rings. The molecule has 78 valence electrons. The minimum atomic E-state index is -0.851. The molecule has 0 radical (unpaired) electrons. The van der Waals surface area contributed by atoms with Crippen LogP contribution in [0.1, 0.15) is 12.6 Å². The second-order valence-electron chi connectivity index (χ2n) is 3.15. The van der Waals surface area contributed by atoms with Crippen LogP contribution in [0.5, 0.6) is 0 Å². The standard InChI is InChI=1S/C9H15N3O2/c1-2-12-6-11-5-8(12)3-7(4-10)9(13)14/h5-7H,2-4,10H2,1H3,(H,13,14). The highest BCUT2D eigenvalue weighted by molar-refractivity contribution is 5.70. The summed E-state index contributed by atoms with van der Waals surface area (Å²) in [5, 5.41) is 8.83. The molecule has 1 unspecified atom stereocenters. The predicted molar refractivity (Wildman–Crippen MR) is 51.8 cm³/mol. The van der Waals surface area contributed by atoms with Gasteiger partial charge < -0.3 is 15.4 Å². The largest absolute Gasteiger partial charge is 0.481 e. The van der Waals surface area contributed by atoms with Crippen molar-refractivity contribution in [1.82, 2.24) is 9.55 Å². The number of hydrogen-bond acceptors (Lipinski definition) is 3. The molecule has 3 N–H and O–H groups in total. The van der Waals surface area contributed by atoms with Crippen LogP contribution in [0, 0.1) is 5.92 Å². The summed E-state index contributed by atoms with van der Waals surface area (Å²) >= 11 is 0. The van der Waals surface area contributed by atoms with Gasteiger partial charge in [-0.25, -0.2) is 4.98 Å². The summed E-state index contributed by atoms with van der Waals surface area (Å²) in [7, 11) is 0. The molecule has 1 aromatic rings. The first kappa shape index (κ1) is 10.7. The molecule has 0 fully saturated rings. The summed E-state index contributed by atoms with van der Waals surface area (Å²) in [5.41, 5.74) is 6.29. The van der Waals surface area contributed by atoms with Gasteiger partial charge in [-0.3, -0.25) is 4.79 Å². The van der Waals surface area contributed by atoms with Gasteiger partial charge >= 0.3 is 5.97 Å². The molecule has 0 bridgehead atoms. The number of carboxylic acids is 1. The van der Waals surface area contributed by atoms with Crippen molar-refractivity contribution in [2.75, 3.05) is 6.54 Å². The Morgan fingerprint density at radius 2 is 2.50 bits per heavy atom. The zero-order chi connectivity index (χ0) is 10.6. The number of rotatable bonds is 5. The average Bonchev–Trinajstić information content (AvgIpc) is 2.60. The summed E-state index contributed by atoms with van der Waals surface area (Å²) in [4.78, 5) is 14.7. The number of aromatic nitrogens is 2. The van der Waals surface area contributed by atoms with Gasteiger partial charge in [0.25, 0.3) is 0 Å². The van der Waals surface area contributed by atoms with E-state index < -0.39 is 11.9 Å². The van der Waals surface area contributed by atoms with E-state index in [0.29, 0.717) is 6.42 Å². The number of imidazole rings is 1. The van der Waals surface area contributed by atoms with E-state index in [4.69, 9.17) is 10.8 Å². The Kier molecular flexibility index (Phi) is 3.64. The van der Waals surface area contributed by atoms with E-state index in [2.05, 4.69) is 4.98 Å². The fraction of sp³-hybridized carbons (Fsp3) is 0.556. The molecule has 0 saturated carbocycles. The third-order valence-electron chi connectivity index (χ3n) is 2.23. The Hall–Kier alpha value is -1.36. The molecule has 0 saturated heterocycles. The van der Waals surface area contributed by atoms with Gasteiger partial charge in [-0.15, -0.1) is 0 Å². The highest BCUT2D eigenvalue weighted by atomic mass is 16.4. The lowest BCUT2D eigenvalue weighted by Gasteiger charge is -2.10. The van der Waals surface area contributed by atoms with E-state index in [0.717, 1.165) is 12.2 Å². The van der Waals surface area contributed by atoms with Gasteiger partial charge in [0.2, 0.25) is 0 Å². The molecule has 5 heteroatoms. The Morgan fingerprint density at radius 1 is 1.79 bits per heavy atom. The van der Waals surface area contributed by atoms with Crippen molar-refractivity contribution < 1.29 is 9.90 Å². The van der Waals surface area contributed by atoms with E-state index in [9.17, 15) is 4.79 Å². The second kappa shape index (κ2) is 4.76. The average molecular weight is 197 g/mol. The van der Waals surface area contributed by atoms with Crippen LogP contribution in [0.2, 0.25) is 0 Å². The maximum atomic E-state index is 10.7. The molecule has 1 heterocycles. The van der Waals surface area contributed by atoms with Gasteiger partial charge in [-0.05, 0) is 6.92 Å². The first-order valence-electron chi connectivity index (χ1n) is 4.60. The number of carboxylic acid groups (broad SMARTS) is 1. The molecule has 0 aliphatic heterocycles. The first-order valence-corrected chi connectivity index (χ1v) is 4.60. The Balaban J connectivity index is 2.71. The van der Waals surface area contributed by atoms with Crippen molar-refractivity contribution in [2.24, 2.45) is 11.7 Å². The summed E-state index contributed by atoms with van der Waals surface area (Å²) in [6, 6.07) is 0. The quantitative estimate of drug-likeness (QED) is 0.701. The van der Waals surface area contributed by atoms with Crippen LogP contribution in [0.4, 0.5) is 0 Å². The molecule has 14 heavy (non-hydrogen) atoms. The van der Waals surface area contributed by atoms with Gasteiger partial charge in [0.15, 0.2) is 0 Å². The highest BCUT2D eigenvalue weighted by Gasteiger charge is 2.17. The summed E-state index contributed by atoms with van der Waals surface area (Å²) in [6.45, 7) is 2.94. The summed E-state index contributed by atoms with van der Waals surface area (Å²) in [5.74, 6) is -1.37. The smallest absolute Gasteiger partial charge is 0.308 e. The Labute approximate surface area is 82.6 Å². The van der Waals surface area contributed by atoms with Gasteiger partial charge in [-0.1, -0.05) is 0 Å². The van der Waals surface area contributed by atoms with E-state index in [1.165, 1.54) is 0 Å². The molecule has 5 nitrogen and oxygen atoms in total. The Morgan fingerprint density at radius 3 is 3.00 bits per heavy atom. The number of carbonyl (C=O) groups is 1. The Bertz CT molecular complexity index is 309. The zero-order valence-corrected chi connectivity index (χ0v) is 8.18. The molecule has 0 spiro atoms. The van der Waals surface area contributed by atoms with Crippen LogP contribution < -0.4 is 5.73 Å². The molecular weight excluding hydrogens is 182 g/mol. The van der Waals surface area contributed by atoms with Crippen LogP contribution in [0.15, 0.2) is 12.5 Å². The monoisotopic (exact) mass is 197 g/mol. The van der Waals surface area contributed by atoms with Gasteiger partial charge in [0.05, 0.1) is 12.2 Å². The van der Waals surface area contributed by atoms with Crippen LogP contribution in [0.3, 0.4) is 0 Å². The van der Waals surface area contributed by atoms with Crippen LogP contribution >= 0.6 is 0 Å². The lowest BCUT2D eigenvalue weighted by Crippen LogP contribution is -2.26. The normalized spacial score (nSPS) is 12.7. The first-order chi connectivity index (χ1) is 6.69. The third kappa shape index (κ3) is 2.32. The maximum absolute atomic E-state index is 10.7. The van der Waals surface area contributed by atoms with Crippen molar-refractivity contribution in [3.05, 3.63) is 18.2 Å². The van der Waals surface area contributed by atoms with E-state index in [-0.39, 0.29) is 6.54 Å². The molecule has 0 aromatic carbocycles. The van der Waals surface area contributed by atoms with Gasteiger partial charge in [0, 0.05) is 31.4 Å². The number of aryl methyl sites for hydroxylation is 1. The van der Waals surface area contributed by atoms with Crippen molar-refractivity contribution in [3.63, 3.8) is 0 Å². The van der Waals surface area contributed by atoms with Crippen LogP contribution in [-0.4, -0.2) is 27.2 Å². The van der Waals surface area contributed by atoms with Crippen molar-refractivity contribution >= 4 is 5.97 Å². The van der Waals surface area contributed by atoms with Crippen molar-refractivity contribution in [2.45, 2.75) is 19.9 Å². The molecule has 1 rings (SSSR count). The van der Waals surface area contributed by atoms with E-state index >= 15 is 0 Å². The number of nitrogens with zero attached hydrogens (tertiary/aromatic N) is 2. The molecule has 0 aliphatic carbocycles. The maximum Gasteiger partial charge on any atom is 0.308 e. The minimum absolute atomic E-state index is 0.157. The molecule has 1 aromatic heterocycles. The minimum Gasteiger partial charge on any atom is -0.481 e. The lowest BCUT2D eigenvalue weighted by atomic mass is 10.0. The van der Waals surface area contributed by atoms with Crippen molar-refractivity contribution in [3.8, 4) is 0 Å². The van der Waals surface area contributed by atoms with E-state index in [1.807, 2.05) is 11.5 Å². The van der Waals surface area contributed by atoms with Gasteiger partial charge in [-0.2, -0.15) is 0 Å². The van der Waals surface area contributed by atoms with E-state index in [1.54, 1.807) is 12.5 Å². The lowest BCUT2D eigenvalue weighted by molar-refractivity contribution is -0.141. The van der Waals surface area contributed by atoms with Crippen LogP contribution in [0.25, 0.3) is 0 Å². The topological polar surface area (TPSA) is 81.1 Å². The molecule has 0 amide bonds. The number of hydrogen-bond donors (Lipinski definition) is 2. The van der Waals surface area contributed by atoms with Crippen molar-refractivity contribution in [1.29, 1.82) is 0 Å². The summed E-state index contributed by atoms with van der Waals surface area (Å²) in [6.07, 6.45) is 3.83. The molecular formula is C9H15N3O2. The predicted octanol–water partition coefficient (Wildman–Crippen LogP) is 0.105.